The van der Waals surface area contributed by atoms with Gasteiger partial charge >= 0.3 is 0 Å². The van der Waals surface area contributed by atoms with Gasteiger partial charge in [0.2, 0.25) is 0 Å². The summed E-state index contributed by atoms with van der Waals surface area (Å²) in [5, 5.41) is 2.73. The largest absolute Gasteiger partial charge is 0.455 e. The fraction of sp³-hybridized carbons (Fsp3) is 0.200. The van der Waals surface area contributed by atoms with Crippen LogP contribution >= 0.6 is 27.7 Å². The molecular weight excluding hydrogens is 398 g/mol. The van der Waals surface area contributed by atoms with Crippen molar-refractivity contribution in [3.05, 3.63) is 78.0 Å². The van der Waals surface area contributed by atoms with Crippen molar-refractivity contribution in [2.75, 3.05) is 0 Å². The van der Waals surface area contributed by atoms with Gasteiger partial charge in [-0.25, -0.2) is 0 Å². The maximum atomic E-state index is 12.6. The van der Waals surface area contributed by atoms with Gasteiger partial charge < -0.3 is 4.42 Å². The summed E-state index contributed by atoms with van der Waals surface area (Å²) in [5.41, 5.74) is 1.39. The van der Waals surface area contributed by atoms with E-state index in [2.05, 4.69) is 50.6 Å². The second-order valence-corrected chi connectivity index (χ2v) is 7.95. The number of hydrogen-bond acceptors (Lipinski definition) is 4. The van der Waals surface area contributed by atoms with E-state index in [0.29, 0.717) is 35.2 Å². The number of aliphatic imine (C=N–C) groups is 1. The minimum atomic E-state index is -0.0223. The van der Waals surface area contributed by atoms with Gasteiger partial charge in [0.05, 0.1) is 10.9 Å². The van der Waals surface area contributed by atoms with E-state index in [1.54, 1.807) is 17.8 Å². The van der Waals surface area contributed by atoms with Crippen LogP contribution in [-0.2, 0) is 0 Å². The predicted octanol–water partition coefficient (Wildman–Crippen LogP) is 3.74. The molecule has 1 aliphatic carbocycles. The van der Waals surface area contributed by atoms with Gasteiger partial charge in [-0.3, -0.25) is 9.79 Å². The molecule has 0 fully saturated rings. The molecule has 1 unspecified atom stereocenters. The van der Waals surface area contributed by atoms with E-state index in [1.807, 2.05) is 18.4 Å². The van der Waals surface area contributed by atoms with Crippen LogP contribution in [0.1, 0.15) is 25.0 Å². The molecule has 0 saturated carbocycles. The monoisotopic (exact) mass is 413 g/mol. The maximum Gasteiger partial charge on any atom is 0.193 e. The van der Waals surface area contributed by atoms with Crippen molar-refractivity contribution in [3.63, 3.8) is 0 Å². The number of halogens is 1. The van der Waals surface area contributed by atoms with Gasteiger partial charge in [0.25, 0.3) is 0 Å². The number of nitrogens with zero attached hydrogens (tertiary/aromatic N) is 1. The minimum Gasteiger partial charge on any atom is -0.455 e. The molecule has 1 atom stereocenters. The van der Waals surface area contributed by atoms with E-state index in [1.165, 1.54) is 4.91 Å². The van der Waals surface area contributed by atoms with Gasteiger partial charge in [0.15, 0.2) is 11.2 Å². The molecule has 3 heterocycles. The van der Waals surface area contributed by atoms with E-state index >= 15 is 0 Å². The van der Waals surface area contributed by atoms with Crippen molar-refractivity contribution in [3.8, 4) is 0 Å². The molecule has 0 radical (unpaired) electrons. The van der Waals surface area contributed by atoms with E-state index in [-0.39, 0.29) is 5.43 Å². The lowest BCUT2D eigenvalue weighted by molar-refractivity contribution is 0.497. The average molecular weight is 414 g/mol. The van der Waals surface area contributed by atoms with Crippen LogP contribution in [0, 0.1) is 5.92 Å². The SMILES string of the molecule is O=c1cc(C2=NC=CC3C=CS/C3=C/C2)oc2/c1=C\CC(Br)=CC/C=2. The lowest BCUT2D eigenvalue weighted by atomic mass is 10.1. The first-order valence-electron chi connectivity index (χ1n) is 8.17. The lowest BCUT2D eigenvalue weighted by Crippen LogP contribution is -2.39. The van der Waals surface area contributed by atoms with Crippen LogP contribution < -0.4 is 16.1 Å². The van der Waals surface area contributed by atoms with E-state index in [0.717, 1.165) is 16.6 Å². The Morgan fingerprint density at radius 3 is 3.00 bits per heavy atom. The highest BCUT2D eigenvalue weighted by atomic mass is 79.9. The highest BCUT2D eigenvalue weighted by molar-refractivity contribution is 9.11. The topological polar surface area (TPSA) is 42.6 Å². The Bertz CT molecular complexity index is 1040. The first-order valence-corrected chi connectivity index (χ1v) is 9.84. The molecule has 0 spiro atoms. The molecule has 4 rings (SSSR count). The average Bonchev–Trinajstić information content (AvgIpc) is 2.98. The summed E-state index contributed by atoms with van der Waals surface area (Å²) in [6, 6.07) is 1.56. The van der Waals surface area contributed by atoms with Crippen LogP contribution in [-0.4, -0.2) is 5.71 Å². The molecule has 2 aliphatic heterocycles. The van der Waals surface area contributed by atoms with Crippen molar-refractivity contribution in [2.45, 2.75) is 19.3 Å². The number of thioether (sulfide) groups is 1. The number of fused-ring (bicyclic) bond motifs is 2. The van der Waals surface area contributed by atoms with Gasteiger partial charge in [-0.1, -0.05) is 46.3 Å². The van der Waals surface area contributed by atoms with Gasteiger partial charge in [-0.15, -0.1) is 11.8 Å². The third-order valence-electron chi connectivity index (χ3n) is 4.28. The summed E-state index contributed by atoms with van der Waals surface area (Å²) in [5.74, 6) is 0.874. The summed E-state index contributed by atoms with van der Waals surface area (Å²) in [6.45, 7) is 0. The zero-order valence-electron chi connectivity index (χ0n) is 13.4. The predicted molar refractivity (Wildman–Crippen MR) is 108 cm³/mol. The molecule has 3 aliphatic rings. The molecular formula is C20H16BrNO2S. The molecule has 5 heteroatoms. The van der Waals surface area contributed by atoms with Crippen molar-refractivity contribution in [1.29, 1.82) is 0 Å². The van der Waals surface area contributed by atoms with Crippen molar-refractivity contribution in [1.82, 2.24) is 0 Å². The quantitative estimate of drug-likeness (QED) is 0.703. The Morgan fingerprint density at radius 1 is 1.16 bits per heavy atom. The standard InChI is InChI=1S/C20H16BrNO2S/c21-14-2-1-3-18-15(5-4-14)17(23)12-19(24-18)16-6-7-20-13(8-10-22-16)9-11-25-20/h2-3,5,7-13H,1,4,6H2/b10-8?,14-2?,15-5-,18-3-,20-7+,22-16?. The molecule has 0 N–H and O–H groups in total. The number of allylic oxidation sites excluding steroid dienone is 6. The zero-order valence-corrected chi connectivity index (χ0v) is 15.8. The van der Waals surface area contributed by atoms with Crippen LogP contribution in [0.2, 0.25) is 0 Å². The molecule has 25 heavy (non-hydrogen) atoms. The third kappa shape index (κ3) is 3.58. The van der Waals surface area contributed by atoms with Crippen LogP contribution in [0.15, 0.2) is 65.6 Å². The highest BCUT2D eigenvalue weighted by Gasteiger charge is 2.16. The van der Waals surface area contributed by atoms with Gasteiger partial charge in [0, 0.05) is 24.6 Å². The highest BCUT2D eigenvalue weighted by Crippen LogP contribution is 2.35. The van der Waals surface area contributed by atoms with E-state index < -0.39 is 0 Å². The summed E-state index contributed by atoms with van der Waals surface area (Å²) < 4.78 is 7.13. The lowest BCUT2D eigenvalue weighted by Gasteiger charge is -2.09. The Kier molecular flexibility index (Phi) is 4.77. The second kappa shape index (κ2) is 7.18. The summed E-state index contributed by atoms with van der Waals surface area (Å²) in [7, 11) is 0. The third-order valence-corrected chi connectivity index (χ3v) is 5.93. The maximum absolute atomic E-state index is 12.6. The molecule has 126 valence electrons. The minimum absolute atomic E-state index is 0.0223. The smallest absolute Gasteiger partial charge is 0.193 e. The number of hydrogen-bond donors (Lipinski definition) is 0. The van der Waals surface area contributed by atoms with Gasteiger partial charge in [-0.05, 0) is 33.7 Å². The summed E-state index contributed by atoms with van der Waals surface area (Å²) in [6.07, 6.45) is 16.2. The Morgan fingerprint density at radius 2 is 2.08 bits per heavy atom. The van der Waals surface area contributed by atoms with Gasteiger partial charge in [-0.2, -0.15) is 0 Å². The fourth-order valence-corrected chi connectivity index (χ4v) is 4.20. The summed E-state index contributed by atoms with van der Waals surface area (Å²) in [4.78, 5) is 18.4. The Hall–Kier alpha value is -1.85. The normalized spacial score (nSPS) is 26.8. The van der Waals surface area contributed by atoms with Gasteiger partial charge in [0.1, 0.15) is 5.42 Å². The fourth-order valence-electron chi connectivity index (χ4n) is 2.95. The molecule has 3 nitrogen and oxygen atoms in total. The molecule has 1 aromatic rings. The zero-order chi connectivity index (χ0) is 17.2. The van der Waals surface area contributed by atoms with Crippen molar-refractivity contribution >= 4 is 45.6 Å². The Balaban J connectivity index is 1.77. The van der Waals surface area contributed by atoms with Crippen molar-refractivity contribution in [2.24, 2.45) is 10.9 Å². The molecule has 0 bridgehead atoms. The first kappa shape index (κ1) is 16.6. The molecule has 0 aromatic carbocycles. The molecule has 0 amide bonds. The first-order chi connectivity index (χ1) is 12.2. The molecule has 0 saturated heterocycles. The molecule has 1 aromatic heterocycles. The summed E-state index contributed by atoms with van der Waals surface area (Å²) >= 11 is 5.24. The van der Waals surface area contributed by atoms with Crippen molar-refractivity contribution < 1.29 is 4.42 Å². The van der Waals surface area contributed by atoms with Crippen LogP contribution in [0.3, 0.4) is 0 Å². The van der Waals surface area contributed by atoms with E-state index in [4.69, 9.17) is 4.42 Å². The second-order valence-electron chi connectivity index (χ2n) is 5.95. The van der Waals surface area contributed by atoms with Crippen LogP contribution in [0.25, 0.3) is 12.2 Å². The van der Waals surface area contributed by atoms with Crippen LogP contribution in [0.4, 0.5) is 0 Å². The number of rotatable bonds is 1. The van der Waals surface area contributed by atoms with Crippen LogP contribution in [0.5, 0.6) is 0 Å². The Labute approximate surface area is 158 Å². The van der Waals surface area contributed by atoms with E-state index in [9.17, 15) is 4.79 Å².